The second kappa shape index (κ2) is 8.78. The third-order valence-corrected chi connectivity index (χ3v) is 7.29. The van der Waals surface area contributed by atoms with Crippen molar-refractivity contribution in [3.05, 3.63) is 30.3 Å². The summed E-state index contributed by atoms with van der Waals surface area (Å²) in [5, 5.41) is 0. The topological polar surface area (TPSA) is 60.9 Å². The van der Waals surface area contributed by atoms with E-state index in [4.69, 9.17) is 0 Å². The van der Waals surface area contributed by atoms with Gasteiger partial charge in [0.05, 0.1) is 5.69 Å². The third kappa shape index (κ3) is 4.09. The average molecular weight is 412 g/mol. The maximum atomic E-state index is 13.0. The first kappa shape index (κ1) is 20.9. The molecule has 1 aromatic carbocycles. The summed E-state index contributed by atoms with van der Waals surface area (Å²) < 4.78 is 0. The number of imide groups is 1. The maximum Gasteiger partial charge on any atom is 0.332 e. The second-order valence-corrected chi connectivity index (χ2v) is 9.39. The van der Waals surface area contributed by atoms with Gasteiger partial charge in [-0.15, -0.1) is 0 Å². The largest absolute Gasteiger partial charge is 0.342 e. The number of rotatable bonds is 4. The van der Waals surface area contributed by atoms with E-state index >= 15 is 0 Å². The number of amides is 4. The van der Waals surface area contributed by atoms with Crippen LogP contribution in [0.3, 0.4) is 0 Å². The third-order valence-electron chi connectivity index (χ3n) is 7.29. The monoisotopic (exact) mass is 411 g/mol. The number of hydrogen-bond donors (Lipinski definition) is 0. The fourth-order valence-corrected chi connectivity index (χ4v) is 5.32. The van der Waals surface area contributed by atoms with Crippen LogP contribution in [0.5, 0.6) is 0 Å². The van der Waals surface area contributed by atoms with Crippen LogP contribution in [0.2, 0.25) is 0 Å². The Morgan fingerprint density at radius 2 is 1.57 bits per heavy atom. The Kier molecular flexibility index (Phi) is 6.11. The molecule has 3 fully saturated rings. The van der Waals surface area contributed by atoms with Gasteiger partial charge in [-0.1, -0.05) is 32.0 Å². The number of likely N-dealkylation sites (tertiary alicyclic amines) is 1. The first-order chi connectivity index (χ1) is 14.5. The van der Waals surface area contributed by atoms with Crippen molar-refractivity contribution in [3.8, 4) is 0 Å². The highest BCUT2D eigenvalue weighted by molar-refractivity contribution is 6.19. The molecule has 0 N–H and O–H groups in total. The van der Waals surface area contributed by atoms with Gasteiger partial charge in [-0.05, 0) is 62.5 Å². The van der Waals surface area contributed by atoms with E-state index in [9.17, 15) is 14.4 Å². The summed E-state index contributed by atoms with van der Waals surface area (Å²) >= 11 is 0. The van der Waals surface area contributed by atoms with Crippen LogP contribution in [0.4, 0.5) is 10.5 Å². The molecule has 3 aliphatic rings. The van der Waals surface area contributed by atoms with E-state index in [1.807, 2.05) is 23.1 Å². The van der Waals surface area contributed by atoms with E-state index in [1.165, 1.54) is 4.90 Å². The van der Waals surface area contributed by atoms with Crippen LogP contribution < -0.4 is 4.90 Å². The van der Waals surface area contributed by atoms with Gasteiger partial charge < -0.3 is 9.80 Å². The molecule has 4 amide bonds. The van der Waals surface area contributed by atoms with E-state index < -0.39 is 0 Å². The number of carbonyl (C=O) groups is 3. The van der Waals surface area contributed by atoms with Crippen molar-refractivity contribution in [1.82, 2.24) is 9.80 Å². The summed E-state index contributed by atoms with van der Waals surface area (Å²) in [4.78, 5) is 43.4. The molecule has 1 aliphatic carbocycles. The molecule has 0 radical (unpaired) electrons. The summed E-state index contributed by atoms with van der Waals surface area (Å²) in [6, 6.07) is 8.89. The van der Waals surface area contributed by atoms with Gasteiger partial charge in [-0.2, -0.15) is 0 Å². The lowest BCUT2D eigenvalue weighted by atomic mass is 9.76. The molecule has 6 nitrogen and oxygen atoms in total. The molecule has 0 unspecified atom stereocenters. The van der Waals surface area contributed by atoms with Gasteiger partial charge in [0.1, 0.15) is 6.54 Å². The van der Waals surface area contributed by atoms with Crippen LogP contribution in [0.15, 0.2) is 30.3 Å². The lowest BCUT2D eigenvalue weighted by molar-refractivity contribution is -0.138. The van der Waals surface area contributed by atoms with E-state index in [2.05, 4.69) is 13.8 Å². The zero-order chi connectivity index (χ0) is 21.3. The highest BCUT2D eigenvalue weighted by atomic mass is 16.2. The Balaban J connectivity index is 1.31. The van der Waals surface area contributed by atoms with Crippen molar-refractivity contribution in [2.75, 3.05) is 24.5 Å². The Labute approximate surface area is 179 Å². The van der Waals surface area contributed by atoms with E-state index in [1.54, 1.807) is 17.0 Å². The Morgan fingerprint density at radius 1 is 0.933 bits per heavy atom. The van der Waals surface area contributed by atoms with Crippen LogP contribution in [0.25, 0.3) is 0 Å². The van der Waals surface area contributed by atoms with Crippen LogP contribution in [0, 0.1) is 17.8 Å². The van der Waals surface area contributed by atoms with Gasteiger partial charge in [0.2, 0.25) is 5.91 Å². The molecule has 0 spiro atoms. The number of anilines is 1. The van der Waals surface area contributed by atoms with Crippen LogP contribution in [-0.4, -0.2) is 53.3 Å². The molecule has 30 heavy (non-hydrogen) atoms. The zero-order valence-corrected chi connectivity index (χ0v) is 18.1. The van der Waals surface area contributed by atoms with Crippen molar-refractivity contribution < 1.29 is 14.4 Å². The number of nitrogens with zero attached hydrogens (tertiary/aromatic N) is 3. The lowest BCUT2D eigenvalue weighted by Gasteiger charge is -2.39. The highest BCUT2D eigenvalue weighted by Gasteiger charge is 2.42. The lowest BCUT2D eigenvalue weighted by Crippen LogP contribution is -2.49. The van der Waals surface area contributed by atoms with Crippen molar-refractivity contribution >= 4 is 23.5 Å². The van der Waals surface area contributed by atoms with Gasteiger partial charge in [0.25, 0.3) is 5.91 Å². The molecule has 2 saturated heterocycles. The Hall–Kier alpha value is -2.37. The summed E-state index contributed by atoms with van der Waals surface area (Å²) in [7, 11) is 0. The SMILES string of the molecule is CC(C)C1CCC(C(=O)N2CCC(N3CC(=O)N(c4ccccc4)C3=O)CC2)CC1. The van der Waals surface area contributed by atoms with Crippen molar-refractivity contribution in [1.29, 1.82) is 0 Å². The van der Waals surface area contributed by atoms with Crippen molar-refractivity contribution in [2.45, 2.75) is 58.4 Å². The zero-order valence-electron chi connectivity index (χ0n) is 18.1. The van der Waals surface area contributed by atoms with Crippen LogP contribution in [-0.2, 0) is 9.59 Å². The highest BCUT2D eigenvalue weighted by Crippen LogP contribution is 2.35. The molecule has 1 saturated carbocycles. The Morgan fingerprint density at radius 3 is 2.17 bits per heavy atom. The normalized spacial score (nSPS) is 26.0. The van der Waals surface area contributed by atoms with Gasteiger partial charge in [-0.25, -0.2) is 9.69 Å². The molecular formula is C24H33N3O3. The Bertz CT molecular complexity index is 778. The van der Waals surface area contributed by atoms with Crippen molar-refractivity contribution in [3.63, 3.8) is 0 Å². The molecule has 2 aliphatic heterocycles. The van der Waals surface area contributed by atoms with Gasteiger partial charge >= 0.3 is 6.03 Å². The second-order valence-electron chi connectivity index (χ2n) is 9.39. The quantitative estimate of drug-likeness (QED) is 0.706. The van der Waals surface area contributed by atoms with Gasteiger partial charge in [0, 0.05) is 25.0 Å². The predicted octanol–water partition coefficient (Wildman–Crippen LogP) is 3.91. The molecule has 0 atom stereocenters. The van der Waals surface area contributed by atoms with Gasteiger partial charge in [0.15, 0.2) is 0 Å². The summed E-state index contributed by atoms with van der Waals surface area (Å²) in [6.45, 7) is 6.04. The average Bonchev–Trinajstić information content (AvgIpc) is 3.08. The fourth-order valence-electron chi connectivity index (χ4n) is 5.32. The smallest absolute Gasteiger partial charge is 0.332 e. The summed E-state index contributed by atoms with van der Waals surface area (Å²) in [5.41, 5.74) is 0.625. The molecule has 0 aromatic heterocycles. The van der Waals surface area contributed by atoms with E-state index in [0.717, 1.165) is 44.4 Å². The number of carbonyl (C=O) groups excluding carboxylic acids is 3. The number of hydrogen-bond acceptors (Lipinski definition) is 3. The molecule has 6 heteroatoms. The fraction of sp³-hybridized carbons (Fsp3) is 0.625. The standard InChI is InChI=1S/C24H33N3O3/c1-17(2)18-8-10-19(11-9-18)23(29)25-14-12-20(13-15-25)26-16-22(28)27(24(26)30)21-6-4-3-5-7-21/h3-7,17-20H,8-16H2,1-2H3. The minimum Gasteiger partial charge on any atom is -0.342 e. The predicted molar refractivity (Wildman–Crippen MR) is 116 cm³/mol. The van der Waals surface area contributed by atoms with Crippen LogP contribution in [0.1, 0.15) is 52.4 Å². The van der Waals surface area contributed by atoms with Gasteiger partial charge in [-0.3, -0.25) is 9.59 Å². The first-order valence-electron chi connectivity index (χ1n) is 11.4. The minimum atomic E-state index is -0.233. The minimum absolute atomic E-state index is 0.0240. The molecule has 4 rings (SSSR count). The van der Waals surface area contributed by atoms with E-state index in [0.29, 0.717) is 30.6 Å². The molecule has 2 heterocycles. The summed E-state index contributed by atoms with van der Waals surface area (Å²) in [6.07, 6.45) is 5.82. The number of urea groups is 1. The van der Waals surface area contributed by atoms with Crippen molar-refractivity contribution in [2.24, 2.45) is 17.8 Å². The first-order valence-corrected chi connectivity index (χ1v) is 11.4. The molecule has 1 aromatic rings. The van der Waals surface area contributed by atoms with E-state index in [-0.39, 0.29) is 30.4 Å². The number of piperidine rings is 1. The molecule has 0 bridgehead atoms. The van der Waals surface area contributed by atoms with Crippen LogP contribution >= 0.6 is 0 Å². The molecular weight excluding hydrogens is 378 g/mol. The maximum absolute atomic E-state index is 13.0. The number of para-hydroxylation sites is 1. The molecule has 162 valence electrons. The summed E-state index contributed by atoms with van der Waals surface area (Å²) in [5.74, 6) is 1.75. The number of benzene rings is 1.